The summed E-state index contributed by atoms with van der Waals surface area (Å²) < 4.78 is 12.9. The molecule has 0 saturated heterocycles. The van der Waals surface area contributed by atoms with E-state index in [1.54, 1.807) is 6.07 Å². The lowest BCUT2D eigenvalue weighted by Crippen LogP contribution is -2.19. The Balaban J connectivity index is 2.32. The molecule has 1 aromatic carbocycles. The molecule has 14 heavy (non-hydrogen) atoms. The quantitative estimate of drug-likeness (QED) is 0.635. The molecule has 3 heteroatoms. The van der Waals surface area contributed by atoms with Crippen LogP contribution < -0.4 is 0 Å². The second-order valence-electron chi connectivity index (χ2n) is 3.58. The van der Waals surface area contributed by atoms with E-state index in [4.69, 9.17) is 5.26 Å². The van der Waals surface area contributed by atoms with Crippen LogP contribution in [0.1, 0.15) is 24.1 Å². The summed E-state index contributed by atoms with van der Waals surface area (Å²) in [5.74, 6) is -0.199. The zero-order valence-corrected chi connectivity index (χ0v) is 8.00. The molecule has 0 amide bonds. The van der Waals surface area contributed by atoms with Gasteiger partial charge in [-0.3, -0.25) is 4.90 Å². The van der Waals surface area contributed by atoms with E-state index in [2.05, 4.69) is 6.07 Å². The summed E-state index contributed by atoms with van der Waals surface area (Å²) in [5, 5.41) is 8.61. The number of nitriles is 1. The van der Waals surface area contributed by atoms with Crippen LogP contribution in [-0.2, 0) is 6.54 Å². The number of rotatable bonds is 1. The molecule has 0 radical (unpaired) electrons. The Kier molecular flexibility index (Phi) is 2.22. The highest BCUT2D eigenvalue weighted by Gasteiger charge is 2.26. The van der Waals surface area contributed by atoms with Gasteiger partial charge in [0.25, 0.3) is 0 Å². The second-order valence-corrected chi connectivity index (χ2v) is 3.58. The lowest BCUT2D eigenvalue weighted by Gasteiger charge is -2.16. The number of benzene rings is 1. The molecule has 1 aliphatic heterocycles. The molecule has 72 valence electrons. The fraction of sp³-hybridized carbons (Fsp3) is 0.364. The van der Waals surface area contributed by atoms with Gasteiger partial charge in [0, 0.05) is 12.6 Å². The van der Waals surface area contributed by atoms with Crippen molar-refractivity contribution in [3.05, 3.63) is 35.1 Å². The van der Waals surface area contributed by atoms with Crippen molar-refractivity contribution in [3.63, 3.8) is 0 Å². The number of fused-ring (bicyclic) bond motifs is 1. The molecule has 1 unspecified atom stereocenters. The van der Waals surface area contributed by atoms with Gasteiger partial charge in [0.2, 0.25) is 0 Å². The Hall–Kier alpha value is -1.40. The highest BCUT2D eigenvalue weighted by Crippen LogP contribution is 2.32. The third-order valence-corrected chi connectivity index (χ3v) is 2.75. The number of hydrogen-bond donors (Lipinski definition) is 0. The maximum atomic E-state index is 12.9. The molecule has 0 spiro atoms. The van der Waals surface area contributed by atoms with Crippen molar-refractivity contribution in [2.45, 2.75) is 19.5 Å². The predicted octanol–water partition coefficient (Wildman–Crippen LogP) is 2.23. The molecule has 1 atom stereocenters. The van der Waals surface area contributed by atoms with Crippen LogP contribution in [0, 0.1) is 17.1 Å². The summed E-state index contributed by atoms with van der Waals surface area (Å²) in [6.07, 6.45) is 0. The minimum Gasteiger partial charge on any atom is -0.279 e. The van der Waals surface area contributed by atoms with Crippen molar-refractivity contribution in [3.8, 4) is 6.07 Å². The van der Waals surface area contributed by atoms with Crippen molar-refractivity contribution in [2.75, 3.05) is 6.54 Å². The summed E-state index contributed by atoms with van der Waals surface area (Å²) in [6, 6.07) is 7.20. The van der Waals surface area contributed by atoms with Crippen LogP contribution in [0.5, 0.6) is 0 Å². The highest BCUT2D eigenvalue weighted by molar-refractivity contribution is 5.34. The third kappa shape index (κ3) is 1.38. The normalized spacial score (nSPS) is 20.5. The van der Waals surface area contributed by atoms with E-state index >= 15 is 0 Å². The fourth-order valence-corrected chi connectivity index (χ4v) is 1.95. The average molecular weight is 190 g/mol. The summed E-state index contributed by atoms with van der Waals surface area (Å²) in [4.78, 5) is 2.03. The van der Waals surface area contributed by atoms with Gasteiger partial charge in [0.1, 0.15) is 5.82 Å². The summed E-state index contributed by atoms with van der Waals surface area (Å²) in [6.45, 7) is 3.13. The molecule has 0 aliphatic carbocycles. The first kappa shape index (κ1) is 9.17. The fourth-order valence-electron chi connectivity index (χ4n) is 1.95. The molecule has 2 rings (SSSR count). The Morgan fingerprint density at radius 1 is 1.64 bits per heavy atom. The molecule has 1 aromatic rings. The predicted molar refractivity (Wildman–Crippen MR) is 50.8 cm³/mol. The van der Waals surface area contributed by atoms with Crippen LogP contribution in [0.25, 0.3) is 0 Å². The molecular formula is C11H11FN2. The van der Waals surface area contributed by atoms with Gasteiger partial charge in [-0.15, -0.1) is 0 Å². The number of hydrogen-bond acceptors (Lipinski definition) is 2. The zero-order valence-electron chi connectivity index (χ0n) is 8.00. The first-order valence-electron chi connectivity index (χ1n) is 4.61. The van der Waals surface area contributed by atoms with E-state index in [1.165, 1.54) is 6.07 Å². The lowest BCUT2D eigenvalue weighted by molar-refractivity contribution is 0.259. The van der Waals surface area contributed by atoms with Gasteiger partial charge in [0.15, 0.2) is 0 Å². The molecule has 0 N–H and O–H groups in total. The van der Waals surface area contributed by atoms with Gasteiger partial charge < -0.3 is 0 Å². The maximum absolute atomic E-state index is 12.9. The first-order chi connectivity index (χ1) is 6.72. The van der Waals surface area contributed by atoms with Crippen molar-refractivity contribution < 1.29 is 4.39 Å². The van der Waals surface area contributed by atoms with Crippen LogP contribution in [-0.4, -0.2) is 11.4 Å². The topological polar surface area (TPSA) is 27.0 Å². The molecule has 0 saturated carbocycles. The van der Waals surface area contributed by atoms with E-state index in [1.807, 2.05) is 17.9 Å². The van der Waals surface area contributed by atoms with Gasteiger partial charge in [-0.1, -0.05) is 6.07 Å². The van der Waals surface area contributed by atoms with Crippen LogP contribution in [0.4, 0.5) is 4.39 Å². The number of nitrogens with zero attached hydrogens (tertiary/aromatic N) is 2. The maximum Gasteiger partial charge on any atom is 0.123 e. The van der Waals surface area contributed by atoms with Crippen molar-refractivity contribution in [1.29, 1.82) is 5.26 Å². The van der Waals surface area contributed by atoms with Crippen molar-refractivity contribution in [2.24, 2.45) is 0 Å². The molecule has 1 aliphatic rings. The SMILES string of the molecule is CC1c2ccc(F)cc2CN1CC#N. The van der Waals surface area contributed by atoms with Gasteiger partial charge in [0.05, 0.1) is 12.6 Å². The second kappa shape index (κ2) is 3.39. The summed E-state index contributed by atoms with van der Waals surface area (Å²) in [5.41, 5.74) is 2.15. The standard InChI is InChI=1S/C11H11FN2/c1-8-11-3-2-10(12)6-9(11)7-14(8)5-4-13/h2-3,6,8H,5,7H2,1H3. The van der Waals surface area contributed by atoms with Crippen LogP contribution in [0.2, 0.25) is 0 Å². The Morgan fingerprint density at radius 2 is 2.43 bits per heavy atom. The molecule has 2 nitrogen and oxygen atoms in total. The van der Waals surface area contributed by atoms with E-state index in [0.29, 0.717) is 13.1 Å². The Morgan fingerprint density at radius 3 is 3.14 bits per heavy atom. The molecule has 0 bridgehead atoms. The van der Waals surface area contributed by atoms with Gasteiger partial charge in [-0.25, -0.2) is 4.39 Å². The van der Waals surface area contributed by atoms with Crippen LogP contribution in [0.15, 0.2) is 18.2 Å². The van der Waals surface area contributed by atoms with Crippen molar-refractivity contribution in [1.82, 2.24) is 4.90 Å². The smallest absolute Gasteiger partial charge is 0.123 e. The molecule has 1 heterocycles. The van der Waals surface area contributed by atoms with Crippen LogP contribution in [0.3, 0.4) is 0 Å². The van der Waals surface area contributed by atoms with Gasteiger partial charge in [-0.2, -0.15) is 5.26 Å². The van der Waals surface area contributed by atoms with E-state index < -0.39 is 0 Å². The zero-order chi connectivity index (χ0) is 10.1. The Bertz CT molecular complexity index is 395. The minimum absolute atomic E-state index is 0.199. The van der Waals surface area contributed by atoms with Gasteiger partial charge in [-0.05, 0) is 30.2 Å². The Labute approximate surface area is 82.6 Å². The first-order valence-corrected chi connectivity index (χ1v) is 4.61. The third-order valence-electron chi connectivity index (χ3n) is 2.75. The monoisotopic (exact) mass is 190 g/mol. The number of halogens is 1. The van der Waals surface area contributed by atoms with Crippen molar-refractivity contribution >= 4 is 0 Å². The highest BCUT2D eigenvalue weighted by atomic mass is 19.1. The molecule has 0 fully saturated rings. The minimum atomic E-state index is -0.199. The van der Waals surface area contributed by atoms with E-state index in [0.717, 1.165) is 11.1 Å². The van der Waals surface area contributed by atoms with E-state index in [9.17, 15) is 4.39 Å². The summed E-state index contributed by atoms with van der Waals surface area (Å²) >= 11 is 0. The van der Waals surface area contributed by atoms with Gasteiger partial charge >= 0.3 is 0 Å². The average Bonchev–Trinajstić information content (AvgIpc) is 2.44. The summed E-state index contributed by atoms with van der Waals surface area (Å²) in [7, 11) is 0. The largest absolute Gasteiger partial charge is 0.279 e. The van der Waals surface area contributed by atoms with Crippen LogP contribution >= 0.6 is 0 Å². The molecule has 0 aromatic heterocycles. The van der Waals surface area contributed by atoms with E-state index in [-0.39, 0.29) is 11.9 Å². The lowest BCUT2D eigenvalue weighted by atomic mass is 10.1. The molecular weight excluding hydrogens is 179 g/mol.